The summed E-state index contributed by atoms with van der Waals surface area (Å²) < 4.78 is 110. The van der Waals surface area contributed by atoms with Crippen molar-refractivity contribution in [1.82, 2.24) is 19.5 Å². The number of benzene rings is 1. The molecule has 4 rings (SSSR count). The Morgan fingerprint density at radius 2 is 1.76 bits per heavy atom. The van der Waals surface area contributed by atoms with E-state index < -0.39 is 58.3 Å². The maximum Gasteiger partial charge on any atom is 0.417 e. The molecular formula is C21H19F8N5. The monoisotopic (exact) mass is 493 g/mol. The minimum atomic E-state index is -5.17. The summed E-state index contributed by atoms with van der Waals surface area (Å²) in [6.07, 6.45) is -9.94. The average Bonchev–Trinajstić information content (AvgIpc) is 3.14. The van der Waals surface area contributed by atoms with Gasteiger partial charge in [0.2, 0.25) is 5.95 Å². The molecule has 1 aromatic carbocycles. The van der Waals surface area contributed by atoms with Crippen molar-refractivity contribution in [2.45, 2.75) is 37.9 Å². The number of likely N-dealkylation sites (tertiary alicyclic amines) is 1. The second-order valence-corrected chi connectivity index (χ2v) is 8.04. The van der Waals surface area contributed by atoms with Gasteiger partial charge in [-0.05, 0) is 24.7 Å². The molecule has 2 atom stereocenters. The summed E-state index contributed by atoms with van der Waals surface area (Å²) >= 11 is 0. The van der Waals surface area contributed by atoms with Crippen molar-refractivity contribution in [2.75, 3.05) is 25.0 Å². The number of alkyl halides is 7. The van der Waals surface area contributed by atoms with E-state index in [0.717, 1.165) is 10.5 Å². The molecule has 0 radical (unpaired) electrons. The van der Waals surface area contributed by atoms with Crippen molar-refractivity contribution < 1.29 is 35.1 Å². The number of hydrogen-bond acceptors (Lipinski definition) is 4. The van der Waals surface area contributed by atoms with Crippen LogP contribution in [0.2, 0.25) is 0 Å². The Balaban J connectivity index is 1.80. The van der Waals surface area contributed by atoms with Gasteiger partial charge in [0, 0.05) is 37.3 Å². The summed E-state index contributed by atoms with van der Waals surface area (Å²) in [5, 5.41) is 10.6. The fraction of sp³-hybridized carbons (Fsp3) is 0.429. The van der Waals surface area contributed by atoms with Crippen LogP contribution in [0.3, 0.4) is 0 Å². The SMILES string of the molecule is CCN1C[C@H](F)C[C@@H](Nc2nnc(-c3ccc(C(F)(F)F)cc3C(F)(F)F)c3c(F)ccn23)C1. The third kappa shape index (κ3) is 4.65. The number of hydrogen-bond donors (Lipinski definition) is 1. The zero-order valence-electron chi connectivity index (χ0n) is 17.7. The number of nitrogens with zero attached hydrogens (tertiary/aromatic N) is 4. The Morgan fingerprint density at radius 1 is 1.03 bits per heavy atom. The second-order valence-electron chi connectivity index (χ2n) is 8.04. The van der Waals surface area contributed by atoms with Crippen LogP contribution in [0.4, 0.5) is 41.1 Å². The van der Waals surface area contributed by atoms with Crippen LogP contribution in [0.15, 0.2) is 30.5 Å². The molecule has 0 amide bonds. The summed E-state index contributed by atoms with van der Waals surface area (Å²) in [5.41, 5.74) is -4.84. The highest BCUT2D eigenvalue weighted by molar-refractivity contribution is 5.80. The van der Waals surface area contributed by atoms with Gasteiger partial charge in [-0.15, -0.1) is 10.2 Å². The second kappa shape index (κ2) is 8.67. The molecular weight excluding hydrogens is 474 g/mol. The van der Waals surface area contributed by atoms with E-state index in [0.29, 0.717) is 25.2 Å². The van der Waals surface area contributed by atoms with Gasteiger partial charge in [-0.25, -0.2) is 8.78 Å². The Hall–Kier alpha value is -2.96. The third-order valence-corrected chi connectivity index (χ3v) is 5.70. The van der Waals surface area contributed by atoms with Crippen LogP contribution >= 0.6 is 0 Å². The van der Waals surface area contributed by atoms with E-state index in [1.807, 2.05) is 11.8 Å². The molecule has 3 aromatic rings. The molecule has 0 bridgehead atoms. The highest BCUT2D eigenvalue weighted by atomic mass is 19.4. The molecule has 1 saturated heterocycles. The predicted octanol–water partition coefficient (Wildman–Crippen LogP) is 5.42. The van der Waals surface area contributed by atoms with Gasteiger partial charge in [-0.2, -0.15) is 26.3 Å². The zero-order valence-corrected chi connectivity index (χ0v) is 17.7. The van der Waals surface area contributed by atoms with Crippen molar-refractivity contribution in [3.8, 4) is 11.3 Å². The van der Waals surface area contributed by atoms with E-state index in [4.69, 9.17) is 0 Å². The standard InChI is InChI=1S/C21H19F8N5/c1-2-33-9-12(22)8-13(10-33)30-19-32-31-17(18-16(23)5-6-34(18)19)14-4-3-11(20(24,25)26)7-15(14)21(27,28)29/h3-7,12-13H,2,8-10H2,1H3,(H,30,32)/t12-,13-/m1/s1. The lowest BCUT2D eigenvalue weighted by molar-refractivity contribution is -0.142. The number of nitrogens with one attached hydrogen (secondary N) is 1. The normalized spacial score (nSPS) is 20.1. The molecule has 13 heteroatoms. The summed E-state index contributed by atoms with van der Waals surface area (Å²) in [6, 6.07) is 1.58. The first-order valence-corrected chi connectivity index (χ1v) is 10.3. The van der Waals surface area contributed by atoms with Gasteiger partial charge in [0.25, 0.3) is 0 Å². The van der Waals surface area contributed by atoms with Crippen LogP contribution in [-0.2, 0) is 12.4 Å². The molecule has 184 valence electrons. The molecule has 1 aliphatic rings. The number of halogens is 8. The van der Waals surface area contributed by atoms with Gasteiger partial charge in [0.05, 0.1) is 11.1 Å². The number of piperidine rings is 1. The van der Waals surface area contributed by atoms with Gasteiger partial charge >= 0.3 is 12.4 Å². The molecule has 5 nitrogen and oxygen atoms in total. The van der Waals surface area contributed by atoms with E-state index in [1.54, 1.807) is 0 Å². The minimum absolute atomic E-state index is 0.0294. The van der Waals surface area contributed by atoms with Crippen LogP contribution in [0.25, 0.3) is 16.8 Å². The Kier molecular flexibility index (Phi) is 6.17. The third-order valence-electron chi connectivity index (χ3n) is 5.70. The van der Waals surface area contributed by atoms with Gasteiger partial charge < -0.3 is 5.32 Å². The molecule has 0 aliphatic carbocycles. The van der Waals surface area contributed by atoms with E-state index >= 15 is 0 Å². The number of fused-ring (bicyclic) bond motifs is 1. The number of anilines is 1. The molecule has 0 spiro atoms. The Bertz CT molecular complexity index is 1190. The summed E-state index contributed by atoms with van der Waals surface area (Å²) in [6.45, 7) is 3.19. The molecule has 1 N–H and O–H groups in total. The van der Waals surface area contributed by atoms with Crippen molar-refractivity contribution >= 4 is 11.5 Å². The fourth-order valence-corrected chi connectivity index (χ4v) is 4.12. The van der Waals surface area contributed by atoms with Crippen LogP contribution in [-0.4, -0.2) is 51.3 Å². The first kappa shape index (κ1) is 24.2. The molecule has 3 heterocycles. The van der Waals surface area contributed by atoms with Crippen molar-refractivity contribution in [3.63, 3.8) is 0 Å². The summed E-state index contributed by atoms with van der Waals surface area (Å²) in [5.74, 6) is -0.971. The molecule has 0 saturated carbocycles. The van der Waals surface area contributed by atoms with E-state index in [1.165, 1.54) is 6.20 Å². The Labute approximate surface area is 188 Å². The van der Waals surface area contributed by atoms with Crippen molar-refractivity contribution in [1.29, 1.82) is 0 Å². The first-order chi connectivity index (χ1) is 15.9. The summed E-state index contributed by atoms with van der Waals surface area (Å²) in [4.78, 5) is 1.86. The smallest absolute Gasteiger partial charge is 0.350 e. The van der Waals surface area contributed by atoms with Crippen LogP contribution in [0.1, 0.15) is 24.5 Å². The quantitative estimate of drug-likeness (QED) is 0.494. The van der Waals surface area contributed by atoms with Crippen LogP contribution in [0.5, 0.6) is 0 Å². The summed E-state index contributed by atoms with van der Waals surface area (Å²) in [7, 11) is 0. The van der Waals surface area contributed by atoms with E-state index in [2.05, 4.69) is 15.5 Å². The number of likely N-dealkylation sites (N-methyl/N-ethyl adjacent to an activating group) is 1. The van der Waals surface area contributed by atoms with Gasteiger partial charge in [0.1, 0.15) is 17.4 Å². The fourth-order valence-electron chi connectivity index (χ4n) is 4.12. The minimum Gasteiger partial charge on any atom is -0.350 e. The lowest BCUT2D eigenvalue weighted by atomic mass is 10.00. The van der Waals surface area contributed by atoms with Crippen LogP contribution in [0, 0.1) is 5.82 Å². The highest BCUT2D eigenvalue weighted by Crippen LogP contribution is 2.41. The average molecular weight is 493 g/mol. The molecule has 34 heavy (non-hydrogen) atoms. The largest absolute Gasteiger partial charge is 0.417 e. The van der Waals surface area contributed by atoms with Gasteiger partial charge in [-0.1, -0.05) is 13.0 Å². The van der Waals surface area contributed by atoms with Gasteiger partial charge in [0.15, 0.2) is 5.82 Å². The topological polar surface area (TPSA) is 45.5 Å². The molecule has 0 unspecified atom stereocenters. The zero-order chi connectivity index (χ0) is 24.8. The lowest BCUT2D eigenvalue weighted by Gasteiger charge is -2.34. The highest BCUT2D eigenvalue weighted by Gasteiger charge is 2.39. The molecule has 2 aromatic heterocycles. The van der Waals surface area contributed by atoms with E-state index in [-0.39, 0.29) is 25.0 Å². The number of rotatable bonds is 4. The first-order valence-electron chi connectivity index (χ1n) is 10.3. The Morgan fingerprint density at radius 3 is 2.41 bits per heavy atom. The van der Waals surface area contributed by atoms with E-state index in [9.17, 15) is 35.1 Å². The van der Waals surface area contributed by atoms with Gasteiger partial charge in [-0.3, -0.25) is 9.30 Å². The maximum absolute atomic E-state index is 14.7. The van der Waals surface area contributed by atoms with Crippen LogP contribution < -0.4 is 5.32 Å². The predicted molar refractivity (Wildman–Crippen MR) is 107 cm³/mol. The molecule has 1 aliphatic heterocycles. The number of aromatic nitrogens is 3. The molecule has 1 fully saturated rings. The maximum atomic E-state index is 14.7. The lowest BCUT2D eigenvalue weighted by Crippen LogP contribution is -2.47. The van der Waals surface area contributed by atoms with Crippen molar-refractivity contribution in [2.24, 2.45) is 0 Å². The van der Waals surface area contributed by atoms with Crippen molar-refractivity contribution in [3.05, 3.63) is 47.4 Å².